The highest BCUT2D eigenvalue weighted by molar-refractivity contribution is 14.0. The first-order chi connectivity index (χ1) is 11.7. The summed E-state index contributed by atoms with van der Waals surface area (Å²) in [5.74, 6) is 0.572. The van der Waals surface area contributed by atoms with Crippen molar-refractivity contribution in [2.24, 2.45) is 12.0 Å². The van der Waals surface area contributed by atoms with Gasteiger partial charge in [-0.1, -0.05) is 12.1 Å². The molecule has 0 saturated heterocycles. The predicted molar refractivity (Wildman–Crippen MR) is 107 cm³/mol. The highest BCUT2D eigenvalue weighted by Crippen LogP contribution is 2.29. The molecule has 0 fully saturated rings. The zero-order valence-corrected chi connectivity index (χ0v) is 17.4. The van der Waals surface area contributed by atoms with Crippen LogP contribution in [0.4, 0.5) is 13.2 Å². The van der Waals surface area contributed by atoms with Crippen LogP contribution in [0.15, 0.2) is 29.3 Å². The molecule has 26 heavy (non-hydrogen) atoms. The number of nitrogens with one attached hydrogen (secondary N) is 2. The molecule has 0 unspecified atom stereocenters. The molecule has 0 aliphatic carbocycles. The predicted octanol–water partition coefficient (Wildman–Crippen LogP) is 3.54. The molecule has 0 saturated carbocycles. The largest absolute Gasteiger partial charge is 0.416 e. The van der Waals surface area contributed by atoms with Crippen molar-refractivity contribution in [1.82, 2.24) is 20.4 Å². The molecular weight excluding hydrogens is 458 g/mol. The quantitative estimate of drug-likeness (QED) is 0.399. The molecule has 2 aromatic rings. The lowest BCUT2D eigenvalue weighted by Gasteiger charge is -2.13. The van der Waals surface area contributed by atoms with Gasteiger partial charge >= 0.3 is 6.18 Å². The minimum atomic E-state index is -4.32. The van der Waals surface area contributed by atoms with Crippen molar-refractivity contribution < 1.29 is 13.2 Å². The van der Waals surface area contributed by atoms with E-state index in [0.29, 0.717) is 19.0 Å². The maximum absolute atomic E-state index is 12.6. The first-order valence-corrected chi connectivity index (χ1v) is 7.82. The molecule has 9 heteroatoms. The van der Waals surface area contributed by atoms with Gasteiger partial charge in [-0.25, -0.2) is 0 Å². The third kappa shape index (κ3) is 5.61. The standard InChI is InChI=1S/C17H22F3N5.HI/c1-11-15(12(2)25(4)24-11)10-23-16(21-3)22-9-13-5-7-14(8-6-13)17(18,19)20;/h5-8H,9-10H2,1-4H3,(H2,21,22,23);1H. The molecule has 1 heterocycles. The van der Waals surface area contributed by atoms with E-state index >= 15 is 0 Å². The van der Waals surface area contributed by atoms with Gasteiger partial charge in [0.2, 0.25) is 0 Å². The van der Waals surface area contributed by atoms with Gasteiger partial charge in [0, 0.05) is 38.4 Å². The van der Waals surface area contributed by atoms with Crippen molar-refractivity contribution in [2.45, 2.75) is 33.1 Å². The van der Waals surface area contributed by atoms with Crippen molar-refractivity contribution in [1.29, 1.82) is 0 Å². The number of hydrogen-bond donors (Lipinski definition) is 2. The first-order valence-electron chi connectivity index (χ1n) is 7.82. The molecule has 1 aromatic carbocycles. The average molecular weight is 481 g/mol. The number of guanidine groups is 1. The zero-order chi connectivity index (χ0) is 18.6. The second-order valence-electron chi connectivity index (χ2n) is 5.75. The Morgan fingerprint density at radius 1 is 1.12 bits per heavy atom. The van der Waals surface area contributed by atoms with Crippen molar-refractivity contribution in [3.63, 3.8) is 0 Å². The minimum Gasteiger partial charge on any atom is -0.352 e. The van der Waals surface area contributed by atoms with Crippen LogP contribution >= 0.6 is 24.0 Å². The molecule has 144 valence electrons. The van der Waals surface area contributed by atoms with Crippen LogP contribution in [0.2, 0.25) is 0 Å². The van der Waals surface area contributed by atoms with Crippen LogP contribution in [0.25, 0.3) is 0 Å². The maximum Gasteiger partial charge on any atom is 0.416 e. The van der Waals surface area contributed by atoms with Gasteiger partial charge in [-0.2, -0.15) is 18.3 Å². The summed E-state index contributed by atoms with van der Waals surface area (Å²) in [6.07, 6.45) is -4.32. The molecule has 1 aromatic heterocycles. The molecule has 0 amide bonds. The summed E-state index contributed by atoms with van der Waals surface area (Å²) in [6.45, 7) is 4.89. The van der Waals surface area contributed by atoms with E-state index in [0.717, 1.165) is 34.6 Å². The summed E-state index contributed by atoms with van der Waals surface area (Å²) in [7, 11) is 3.54. The number of aromatic nitrogens is 2. The van der Waals surface area contributed by atoms with Gasteiger partial charge in [0.1, 0.15) is 0 Å². The molecule has 0 aliphatic rings. The maximum atomic E-state index is 12.6. The summed E-state index contributed by atoms with van der Waals surface area (Å²) < 4.78 is 39.5. The van der Waals surface area contributed by atoms with Crippen LogP contribution in [0.3, 0.4) is 0 Å². The Morgan fingerprint density at radius 2 is 1.69 bits per heavy atom. The van der Waals surface area contributed by atoms with E-state index in [1.807, 2.05) is 25.6 Å². The summed E-state index contributed by atoms with van der Waals surface area (Å²) in [5, 5.41) is 10.6. The van der Waals surface area contributed by atoms with E-state index in [9.17, 15) is 13.2 Å². The molecule has 0 bridgehead atoms. The normalized spacial score (nSPS) is 11.9. The molecule has 0 radical (unpaired) electrons. The molecule has 2 N–H and O–H groups in total. The van der Waals surface area contributed by atoms with E-state index in [1.54, 1.807) is 7.05 Å². The summed E-state index contributed by atoms with van der Waals surface area (Å²) in [6, 6.07) is 5.07. The summed E-state index contributed by atoms with van der Waals surface area (Å²) in [4.78, 5) is 4.13. The van der Waals surface area contributed by atoms with Crippen LogP contribution < -0.4 is 10.6 Å². The molecule has 0 spiro atoms. The average Bonchev–Trinajstić information content (AvgIpc) is 2.80. The van der Waals surface area contributed by atoms with Gasteiger partial charge in [-0.05, 0) is 31.5 Å². The van der Waals surface area contributed by atoms with E-state index in [1.165, 1.54) is 12.1 Å². The van der Waals surface area contributed by atoms with E-state index in [4.69, 9.17) is 0 Å². The van der Waals surface area contributed by atoms with Crippen LogP contribution in [0.5, 0.6) is 0 Å². The Hall–Kier alpha value is -1.78. The minimum absolute atomic E-state index is 0. The number of alkyl halides is 3. The van der Waals surface area contributed by atoms with E-state index in [-0.39, 0.29) is 24.0 Å². The molecular formula is C17H23F3IN5. The highest BCUT2D eigenvalue weighted by atomic mass is 127. The fraction of sp³-hybridized carbons (Fsp3) is 0.412. The van der Waals surface area contributed by atoms with Crippen LogP contribution in [-0.4, -0.2) is 22.8 Å². The topological polar surface area (TPSA) is 54.2 Å². The monoisotopic (exact) mass is 481 g/mol. The lowest BCUT2D eigenvalue weighted by molar-refractivity contribution is -0.137. The third-order valence-corrected chi connectivity index (χ3v) is 4.06. The van der Waals surface area contributed by atoms with Crippen molar-refractivity contribution >= 4 is 29.9 Å². The molecule has 5 nitrogen and oxygen atoms in total. The number of rotatable bonds is 4. The Labute approximate surface area is 168 Å². The van der Waals surface area contributed by atoms with Gasteiger partial charge < -0.3 is 10.6 Å². The number of benzene rings is 1. The lowest BCUT2D eigenvalue weighted by atomic mass is 10.1. The van der Waals surface area contributed by atoms with Crippen molar-refractivity contribution in [3.05, 3.63) is 52.3 Å². The SMILES string of the molecule is CN=C(NCc1ccc(C(F)(F)F)cc1)NCc1c(C)nn(C)c1C.I. The summed E-state index contributed by atoms with van der Waals surface area (Å²) >= 11 is 0. The van der Waals surface area contributed by atoms with Gasteiger partial charge in [0.05, 0.1) is 11.3 Å². The van der Waals surface area contributed by atoms with Crippen molar-refractivity contribution in [2.75, 3.05) is 7.05 Å². The van der Waals surface area contributed by atoms with Gasteiger partial charge in [-0.3, -0.25) is 9.67 Å². The van der Waals surface area contributed by atoms with Crippen LogP contribution in [0, 0.1) is 13.8 Å². The summed E-state index contributed by atoms with van der Waals surface area (Å²) in [5.41, 5.74) is 3.21. The zero-order valence-electron chi connectivity index (χ0n) is 15.1. The number of halogens is 4. The molecule has 0 aliphatic heterocycles. The smallest absolute Gasteiger partial charge is 0.352 e. The highest BCUT2D eigenvalue weighted by Gasteiger charge is 2.29. The number of nitrogens with zero attached hydrogens (tertiary/aromatic N) is 3. The van der Waals surface area contributed by atoms with Crippen LogP contribution in [-0.2, 0) is 26.3 Å². The lowest BCUT2D eigenvalue weighted by Crippen LogP contribution is -2.36. The number of aryl methyl sites for hydroxylation is 2. The fourth-order valence-electron chi connectivity index (χ4n) is 2.46. The third-order valence-electron chi connectivity index (χ3n) is 4.06. The van der Waals surface area contributed by atoms with Gasteiger partial charge in [0.25, 0.3) is 0 Å². The second-order valence-corrected chi connectivity index (χ2v) is 5.75. The van der Waals surface area contributed by atoms with Gasteiger partial charge in [0.15, 0.2) is 5.96 Å². The van der Waals surface area contributed by atoms with E-state index in [2.05, 4.69) is 20.7 Å². The first kappa shape index (κ1) is 22.3. The van der Waals surface area contributed by atoms with Crippen LogP contribution in [0.1, 0.15) is 28.1 Å². The Bertz CT molecular complexity index is 751. The number of aliphatic imine (C=N–C) groups is 1. The fourth-order valence-corrected chi connectivity index (χ4v) is 2.46. The van der Waals surface area contributed by atoms with E-state index < -0.39 is 11.7 Å². The number of hydrogen-bond acceptors (Lipinski definition) is 2. The van der Waals surface area contributed by atoms with Gasteiger partial charge in [-0.15, -0.1) is 24.0 Å². The molecule has 2 rings (SSSR count). The molecule has 0 atom stereocenters. The Morgan fingerprint density at radius 3 is 2.15 bits per heavy atom. The Balaban J connectivity index is 0.00000338. The second kappa shape index (κ2) is 9.24. The van der Waals surface area contributed by atoms with Crippen molar-refractivity contribution in [3.8, 4) is 0 Å². The Kier molecular flexibility index (Phi) is 7.91.